The van der Waals surface area contributed by atoms with Crippen molar-refractivity contribution in [2.75, 3.05) is 19.7 Å². The molecular formula is C13H24N2O4. The number of nitrogens with zero attached hydrogens (tertiary/aromatic N) is 1. The molecule has 0 heterocycles. The Morgan fingerprint density at radius 3 is 2.63 bits per heavy atom. The highest BCUT2D eigenvalue weighted by Gasteiger charge is 2.46. The van der Waals surface area contributed by atoms with E-state index in [0.717, 1.165) is 12.8 Å². The molecule has 1 rings (SSSR count). The van der Waals surface area contributed by atoms with Gasteiger partial charge < -0.3 is 20.4 Å². The summed E-state index contributed by atoms with van der Waals surface area (Å²) in [6.45, 7) is 4.38. The SMILES string of the molecule is CCCN(CCO)C(=O)NC1CCCC1(C)C(=O)O. The molecule has 0 aliphatic heterocycles. The van der Waals surface area contributed by atoms with Crippen molar-refractivity contribution >= 4 is 12.0 Å². The first-order valence-electron chi connectivity index (χ1n) is 6.85. The van der Waals surface area contributed by atoms with Crippen LogP contribution in [-0.4, -0.2) is 52.9 Å². The van der Waals surface area contributed by atoms with E-state index >= 15 is 0 Å². The maximum Gasteiger partial charge on any atom is 0.317 e. The van der Waals surface area contributed by atoms with Crippen molar-refractivity contribution < 1.29 is 19.8 Å². The molecule has 1 aliphatic carbocycles. The molecule has 0 bridgehead atoms. The lowest BCUT2D eigenvalue weighted by Gasteiger charge is -2.30. The largest absolute Gasteiger partial charge is 0.481 e. The Morgan fingerprint density at radius 2 is 2.11 bits per heavy atom. The highest BCUT2D eigenvalue weighted by atomic mass is 16.4. The van der Waals surface area contributed by atoms with E-state index in [1.807, 2.05) is 6.92 Å². The molecule has 2 atom stereocenters. The maximum atomic E-state index is 12.1. The summed E-state index contributed by atoms with van der Waals surface area (Å²) < 4.78 is 0. The van der Waals surface area contributed by atoms with Gasteiger partial charge in [0.15, 0.2) is 0 Å². The summed E-state index contributed by atoms with van der Waals surface area (Å²) in [4.78, 5) is 25.0. The van der Waals surface area contributed by atoms with Gasteiger partial charge in [-0.1, -0.05) is 13.3 Å². The Bertz CT molecular complexity index is 329. The number of aliphatic hydroxyl groups is 1. The third kappa shape index (κ3) is 3.59. The van der Waals surface area contributed by atoms with Gasteiger partial charge in [-0.15, -0.1) is 0 Å². The van der Waals surface area contributed by atoms with Crippen LogP contribution in [-0.2, 0) is 4.79 Å². The number of aliphatic hydroxyl groups excluding tert-OH is 1. The smallest absolute Gasteiger partial charge is 0.317 e. The summed E-state index contributed by atoms with van der Waals surface area (Å²) in [7, 11) is 0. The zero-order valence-electron chi connectivity index (χ0n) is 11.7. The number of hydrogen-bond donors (Lipinski definition) is 3. The van der Waals surface area contributed by atoms with Crippen LogP contribution >= 0.6 is 0 Å². The van der Waals surface area contributed by atoms with E-state index in [0.29, 0.717) is 19.4 Å². The van der Waals surface area contributed by atoms with Crippen LogP contribution in [0.5, 0.6) is 0 Å². The zero-order chi connectivity index (χ0) is 14.5. The summed E-state index contributed by atoms with van der Waals surface area (Å²) in [5.41, 5.74) is -0.882. The predicted octanol–water partition coefficient (Wildman–Crippen LogP) is 1.04. The molecule has 6 nitrogen and oxygen atoms in total. The van der Waals surface area contributed by atoms with Crippen LogP contribution < -0.4 is 5.32 Å². The lowest BCUT2D eigenvalue weighted by atomic mass is 9.85. The number of aliphatic carboxylic acids is 1. The van der Waals surface area contributed by atoms with E-state index in [4.69, 9.17) is 5.11 Å². The van der Waals surface area contributed by atoms with Crippen LogP contribution in [0.4, 0.5) is 4.79 Å². The molecule has 1 aliphatic rings. The molecule has 0 radical (unpaired) electrons. The summed E-state index contributed by atoms with van der Waals surface area (Å²) in [6.07, 6.45) is 2.88. The van der Waals surface area contributed by atoms with Gasteiger partial charge in [0, 0.05) is 19.1 Å². The predicted molar refractivity (Wildman–Crippen MR) is 70.9 cm³/mol. The van der Waals surface area contributed by atoms with Crippen molar-refractivity contribution in [2.24, 2.45) is 5.41 Å². The zero-order valence-corrected chi connectivity index (χ0v) is 11.7. The van der Waals surface area contributed by atoms with Gasteiger partial charge >= 0.3 is 12.0 Å². The number of urea groups is 1. The third-order valence-electron chi connectivity index (χ3n) is 3.89. The Kier molecular flexibility index (Phi) is 5.60. The summed E-state index contributed by atoms with van der Waals surface area (Å²) in [5, 5.41) is 21.1. The van der Waals surface area contributed by atoms with E-state index in [2.05, 4.69) is 5.32 Å². The van der Waals surface area contributed by atoms with Crippen molar-refractivity contribution in [3.63, 3.8) is 0 Å². The first-order chi connectivity index (χ1) is 8.95. The van der Waals surface area contributed by atoms with Gasteiger partial charge in [-0.2, -0.15) is 0 Å². The van der Waals surface area contributed by atoms with Crippen LogP contribution in [0.3, 0.4) is 0 Å². The first kappa shape index (κ1) is 15.8. The molecule has 3 N–H and O–H groups in total. The number of amides is 2. The topological polar surface area (TPSA) is 89.9 Å². The minimum Gasteiger partial charge on any atom is -0.481 e. The number of carboxylic acid groups (broad SMARTS) is 1. The quantitative estimate of drug-likeness (QED) is 0.674. The van der Waals surface area contributed by atoms with Crippen LogP contribution in [0.2, 0.25) is 0 Å². The number of carbonyl (C=O) groups excluding carboxylic acids is 1. The Hall–Kier alpha value is -1.30. The van der Waals surface area contributed by atoms with Crippen LogP contribution in [0.15, 0.2) is 0 Å². The van der Waals surface area contributed by atoms with Crippen LogP contribution in [0, 0.1) is 5.41 Å². The maximum absolute atomic E-state index is 12.1. The monoisotopic (exact) mass is 272 g/mol. The number of rotatable bonds is 6. The summed E-state index contributed by atoms with van der Waals surface area (Å²) in [6, 6.07) is -0.620. The molecule has 2 amide bonds. The second kappa shape index (κ2) is 6.75. The molecule has 1 fully saturated rings. The number of hydrogen-bond acceptors (Lipinski definition) is 3. The van der Waals surface area contributed by atoms with E-state index in [1.54, 1.807) is 6.92 Å². The van der Waals surface area contributed by atoms with E-state index in [-0.39, 0.29) is 25.2 Å². The molecule has 19 heavy (non-hydrogen) atoms. The van der Waals surface area contributed by atoms with Gasteiger partial charge in [0.2, 0.25) is 0 Å². The number of nitrogens with one attached hydrogen (secondary N) is 1. The van der Waals surface area contributed by atoms with Crippen LogP contribution in [0.1, 0.15) is 39.5 Å². The van der Waals surface area contributed by atoms with Gasteiger partial charge in [-0.25, -0.2) is 4.79 Å². The Labute approximate surface area is 113 Å². The molecule has 1 saturated carbocycles. The van der Waals surface area contributed by atoms with Gasteiger partial charge in [-0.05, 0) is 26.2 Å². The highest BCUT2D eigenvalue weighted by Crippen LogP contribution is 2.38. The third-order valence-corrected chi connectivity index (χ3v) is 3.89. The van der Waals surface area contributed by atoms with Crippen molar-refractivity contribution in [3.8, 4) is 0 Å². The van der Waals surface area contributed by atoms with Crippen LogP contribution in [0.25, 0.3) is 0 Å². The standard InChI is InChI=1S/C13H24N2O4/c1-3-7-15(8-9-16)12(19)14-10-5-4-6-13(10,2)11(17)18/h10,16H,3-9H2,1-2H3,(H,14,19)(H,17,18). The first-order valence-corrected chi connectivity index (χ1v) is 6.85. The highest BCUT2D eigenvalue weighted by molar-refractivity contribution is 5.79. The second-order valence-electron chi connectivity index (χ2n) is 5.33. The van der Waals surface area contributed by atoms with Gasteiger partial charge in [-0.3, -0.25) is 4.79 Å². The minimum atomic E-state index is -0.882. The van der Waals surface area contributed by atoms with Crippen molar-refractivity contribution in [3.05, 3.63) is 0 Å². The summed E-state index contributed by atoms with van der Waals surface area (Å²) in [5.74, 6) is -0.862. The molecule has 0 aromatic heterocycles. The summed E-state index contributed by atoms with van der Waals surface area (Å²) >= 11 is 0. The van der Waals surface area contributed by atoms with Crippen molar-refractivity contribution in [1.82, 2.24) is 10.2 Å². The normalized spacial score (nSPS) is 26.2. The fourth-order valence-corrected chi connectivity index (χ4v) is 2.60. The van der Waals surface area contributed by atoms with Crippen molar-refractivity contribution in [2.45, 2.75) is 45.6 Å². The van der Waals surface area contributed by atoms with Crippen molar-refractivity contribution in [1.29, 1.82) is 0 Å². The average Bonchev–Trinajstić information content (AvgIpc) is 2.72. The number of carbonyl (C=O) groups is 2. The molecular weight excluding hydrogens is 248 g/mol. The van der Waals surface area contributed by atoms with E-state index in [9.17, 15) is 14.7 Å². The molecule has 0 aromatic carbocycles. The van der Waals surface area contributed by atoms with E-state index < -0.39 is 11.4 Å². The second-order valence-corrected chi connectivity index (χ2v) is 5.33. The average molecular weight is 272 g/mol. The Balaban J connectivity index is 2.66. The lowest BCUT2D eigenvalue weighted by Crippen LogP contribution is -2.52. The minimum absolute atomic E-state index is 0.0890. The van der Waals surface area contributed by atoms with E-state index in [1.165, 1.54) is 4.90 Å². The fraction of sp³-hybridized carbons (Fsp3) is 0.846. The lowest BCUT2D eigenvalue weighted by molar-refractivity contribution is -0.148. The molecule has 0 saturated heterocycles. The van der Waals surface area contributed by atoms with Gasteiger partial charge in [0.25, 0.3) is 0 Å². The molecule has 6 heteroatoms. The Morgan fingerprint density at radius 1 is 1.42 bits per heavy atom. The van der Waals surface area contributed by atoms with Gasteiger partial charge in [0.1, 0.15) is 0 Å². The molecule has 110 valence electrons. The number of carboxylic acids is 1. The van der Waals surface area contributed by atoms with Gasteiger partial charge in [0.05, 0.1) is 12.0 Å². The molecule has 0 aromatic rings. The molecule has 2 unspecified atom stereocenters. The fourth-order valence-electron chi connectivity index (χ4n) is 2.60. The molecule has 0 spiro atoms.